The molecule has 1 fully saturated rings. The predicted octanol–water partition coefficient (Wildman–Crippen LogP) is 4.14. The van der Waals surface area contributed by atoms with Crippen LogP contribution in [0.4, 0.5) is 11.5 Å². The lowest BCUT2D eigenvalue weighted by Crippen LogP contribution is -2.39. The Hall–Kier alpha value is -3.32. The van der Waals surface area contributed by atoms with Gasteiger partial charge in [-0.1, -0.05) is 17.7 Å². The molecule has 1 aliphatic rings. The zero-order valence-corrected chi connectivity index (χ0v) is 18.6. The molecule has 2 heterocycles. The summed E-state index contributed by atoms with van der Waals surface area (Å²) in [5.74, 6) is 1.43. The van der Waals surface area contributed by atoms with E-state index in [4.69, 9.17) is 16.3 Å². The predicted molar refractivity (Wildman–Crippen MR) is 126 cm³/mol. The molecule has 0 unspecified atom stereocenters. The van der Waals surface area contributed by atoms with Gasteiger partial charge in [0.1, 0.15) is 11.6 Å². The summed E-state index contributed by atoms with van der Waals surface area (Å²) in [5.41, 5.74) is 1.16. The van der Waals surface area contributed by atoms with Crippen LogP contribution in [0.5, 0.6) is 5.75 Å². The van der Waals surface area contributed by atoms with Gasteiger partial charge in [-0.15, -0.1) is 5.10 Å². The fourth-order valence-electron chi connectivity index (χ4n) is 3.78. The number of nitrogens with zero attached hydrogens (tertiary/aromatic N) is 3. The third-order valence-corrected chi connectivity index (χ3v) is 5.70. The van der Waals surface area contributed by atoms with Gasteiger partial charge in [0.2, 0.25) is 5.91 Å². The van der Waals surface area contributed by atoms with Crippen molar-refractivity contribution in [1.82, 2.24) is 9.78 Å². The maximum atomic E-state index is 12.7. The van der Waals surface area contributed by atoms with Crippen LogP contribution < -0.4 is 20.5 Å². The summed E-state index contributed by atoms with van der Waals surface area (Å²) in [7, 11) is 0. The van der Waals surface area contributed by atoms with Crippen molar-refractivity contribution in [2.45, 2.75) is 19.8 Å². The van der Waals surface area contributed by atoms with Gasteiger partial charge in [0.15, 0.2) is 0 Å². The van der Waals surface area contributed by atoms with E-state index in [0.717, 1.165) is 11.4 Å². The van der Waals surface area contributed by atoms with Gasteiger partial charge in [-0.2, -0.15) is 4.68 Å². The van der Waals surface area contributed by atoms with Crippen molar-refractivity contribution in [2.75, 3.05) is 29.9 Å². The number of halogens is 1. The lowest BCUT2D eigenvalue weighted by atomic mass is 9.96. The molecular formula is C24H25ClN4O3. The highest BCUT2D eigenvalue weighted by molar-refractivity contribution is 6.30. The molecule has 1 aliphatic heterocycles. The van der Waals surface area contributed by atoms with E-state index < -0.39 is 0 Å². The Kier molecular flexibility index (Phi) is 6.75. The standard InChI is InChI=1S/C24H25ClN4O3/c1-2-32-21-8-6-19(7-9-21)26-24(31)17-12-14-28(15-13-17)22-10-11-23(30)29(27-22)20-5-3-4-18(25)16-20/h3-11,16-17H,2,12-15H2,1H3,(H,26,31). The summed E-state index contributed by atoms with van der Waals surface area (Å²) in [6.45, 7) is 3.91. The molecule has 166 valence electrons. The number of amides is 1. The molecule has 1 amide bonds. The fourth-order valence-corrected chi connectivity index (χ4v) is 3.96. The summed E-state index contributed by atoms with van der Waals surface area (Å²) >= 11 is 6.06. The molecule has 3 aromatic rings. The van der Waals surface area contributed by atoms with Crippen molar-refractivity contribution >= 4 is 29.0 Å². The number of rotatable bonds is 6. The molecule has 7 nitrogen and oxygen atoms in total. The molecule has 32 heavy (non-hydrogen) atoms. The second-order valence-corrected chi connectivity index (χ2v) is 8.07. The van der Waals surface area contributed by atoms with E-state index in [2.05, 4.69) is 15.3 Å². The highest BCUT2D eigenvalue weighted by atomic mass is 35.5. The smallest absolute Gasteiger partial charge is 0.271 e. The number of benzene rings is 2. The minimum Gasteiger partial charge on any atom is -0.494 e. The zero-order chi connectivity index (χ0) is 22.5. The molecule has 1 saturated heterocycles. The Morgan fingerprint density at radius 3 is 2.56 bits per heavy atom. The zero-order valence-electron chi connectivity index (χ0n) is 17.8. The highest BCUT2D eigenvalue weighted by Crippen LogP contribution is 2.24. The molecule has 0 bridgehead atoms. The van der Waals surface area contributed by atoms with Crippen LogP contribution in [-0.4, -0.2) is 35.4 Å². The Bertz CT molecular complexity index is 1140. The first-order chi connectivity index (χ1) is 15.5. The average molecular weight is 453 g/mol. The number of piperidine rings is 1. The topological polar surface area (TPSA) is 76.5 Å². The van der Waals surface area contributed by atoms with Crippen molar-refractivity contribution in [1.29, 1.82) is 0 Å². The number of carbonyl (C=O) groups is 1. The van der Waals surface area contributed by atoms with Crippen molar-refractivity contribution in [3.05, 3.63) is 76.0 Å². The second kappa shape index (κ2) is 9.87. The first kappa shape index (κ1) is 21.9. The van der Waals surface area contributed by atoms with E-state index in [9.17, 15) is 9.59 Å². The van der Waals surface area contributed by atoms with Gasteiger partial charge < -0.3 is 15.0 Å². The molecule has 0 aliphatic carbocycles. The van der Waals surface area contributed by atoms with Crippen LogP contribution in [0.3, 0.4) is 0 Å². The lowest BCUT2D eigenvalue weighted by Gasteiger charge is -2.32. The number of ether oxygens (including phenoxy) is 1. The molecule has 0 saturated carbocycles. The van der Waals surface area contributed by atoms with E-state index in [1.165, 1.54) is 10.7 Å². The summed E-state index contributed by atoms with van der Waals surface area (Å²) in [6.07, 6.45) is 1.42. The molecule has 1 aromatic heterocycles. The molecule has 4 rings (SSSR count). The van der Waals surface area contributed by atoms with Gasteiger partial charge in [-0.05, 0) is 68.3 Å². The molecule has 0 spiro atoms. The van der Waals surface area contributed by atoms with E-state index in [1.54, 1.807) is 30.3 Å². The third-order valence-electron chi connectivity index (χ3n) is 5.46. The van der Waals surface area contributed by atoms with Crippen molar-refractivity contribution in [3.63, 3.8) is 0 Å². The van der Waals surface area contributed by atoms with Crippen LogP contribution >= 0.6 is 11.6 Å². The third kappa shape index (κ3) is 5.11. The van der Waals surface area contributed by atoms with Gasteiger partial charge in [0, 0.05) is 35.8 Å². The number of nitrogens with one attached hydrogen (secondary N) is 1. The van der Waals surface area contributed by atoms with Crippen molar-refractivity contribution < 1.29 is 9.53 Å². The normalized spacial score (nSPS) is 14.2. The van der Waals surface area contributed by atoms with Crippen molar-refractivity contribution in [2.24, 2.45) is 5.92 Å². The van der Waals surface area contributed by atoms with Crippen molar-refractivity contribution in [3.8, 4) is 11.4 Å². The molecule has 0 atom stereocenters. The average Bonchev–Trinajstić information content (AvgIpc) is 2.81. The quantitative estimate of drug-likeness (QED) is 0.608. The van der Waals surface area contributed by atoms with Crippen LogP contribution in [0.15, 0.2) is 65.5 Å². The van der Waals surface area contributed by atoms with Crippen LogP contribution in [0.25, 0.3) is 5.69 Å². The molecular weight excluding hydrogens is 428 g/mol. The largest absolute Gasteiger partial charge is 0.494 e. The number of anilines is 2. The highest BCUT2D eigenvalue weighted by Gasteiger charge is 2.26. The first-order valence-corrected chi connectivity index (χ1v) is 11.1. The van der Waals surface area contributed by atoms with Gasteiger partial charge in [0.25, 0.3) is 5.56 Å². The van der Waals surface area contributed by atoms with Gasteiger partial charge in [-0.25, -0.2) is 0 Å². The minimum absolute atomic E-state index is 0.0191. The van der Waals surface area contributed by atoms with E-state index in [1.807, 2.05) is 31.2 Å². The molecule has 8 heteroatoms. The Labute approximate surface area is 191 Å². The molecule has 0 radical (unpaired) electrons. The molecule has 2 aromatic carbocycles. The van der Waals surface area contributed by atoms with E-state index >= 15 is 0 Å². The summed E-state index contributed by atoms with van der Waals surface area (Å²) in [6, 6.07) is 17.7. The SMILES string of the molecule is CCOc1ccc(NC(=O)C2CCN(c3ccc(=O)n(-c4cccc(Cl)c4)n3)CC2)cc1. The summed E-state index contributed by atoms with van der Waals surface area (Å²) in [4.78, 5) is 27.1. The summed E-state index contributed by atoms with van der Waals surface area (Å²) < 4.78 is 6.79. The van der Waals surface area contributed by atoms with Crippen LogP contribution in [0, 0.1) is 5.92 Å². The minimum atomic E-state index is -0.222. The Morgan fingerprint density at radius 1 is 1.12 bits per heavy atom. The number of hydrogen-bond acceptors (Lipinski definition) is 5. The number of aromatic nitrogens is 2. The molecule has 1 N–H and O–H groups in total. The number of hydrogen-bond donors (Lipinski definition) is 1. The van der Waals surface area contributed by atoms with Gasteiger partial charge in [-0.3, -0.25) is 9.59 Å². The lowest BCUT2D eigenvalue weighted by molar-refractivity contribution is -0.120. The van der Waals surface area contributed by atoms with Crippen LogP contribution in [0.2, 0.25) is 5.02 Å². The van der Waals surface area contributed by atoms with E-state index in [0.29, 0.717) is 49.1 Å². The van der Waals surface area contributed by atoms with Crippen LogP contribution in [0.1, 0.15) is 19.8 Å². The first-order valence-electron chi connectivity index (χ1n) is 10.7. The van der Waals surface area contributed by atoms with Gasteiger partial charge in [0.05, 0.1) is 12.3 Å². The monoisotopic (exact) mass is 452 g/mol. The second-order valence-electron chi connectivity index (χ2n) is 7.63. The number of carbonyl (C=O) groups excluding carboxylic acids is 1. The van der Waals surface area contributed by atoms with Crippen LogP contribution in [-0.2, 0) is 4.79 Å². The summed E-state index contributed by atoms with van der Waals surface area (Å²) in [5, 5.41) is 8.06. The van der Waals surface area contributed by atoms with E-state index in [-0.39, 0.29) is 17.4 Å². The maximum Gasteiger partial charge on any atom is 0.271 e. The maximum absolute atomic E-state index is 12.7. The Balaban J connectivity index is 1.38. The van der Waals surface area contributed by atoms with Gasteiger partial charge >= 0.3 is 0 Å². The fraction of sp³-hybridized carbons (Fsp3) is 0.292. The Morgan fingerprint density at radius 2 is 1.88 bits per heavy atom.